The number of halogens is 1. The van der Waals surface area contributed by atoms with E-state index in [1.54, 1.807) is 12.1 Å². The van der Waals surface area contributed by atoms with E-state index >= 15 is 0 Å². The second-order valence-corrected chi connectivity index (χ2v) is 10.1. The lowest BCUT2D eigenvalue weighted by atomic mass is 10.2. The number of anilines is 2. The number of hydrogen-bond acceptors (Lipinski definition) is 6. The fourth-order valence-electron chi connectivity index (χ4n) is 3.22. The summed E-state index contributed by atoms with van der Waals surface area (Å²) in [6, 6.07) is 13.3. The molecule has 0 saturated carbocycles. The van der Waals surface area contributed by atoms with Gasteiger partial charge in [0, 0.05) is 18.5 Å². The molecule has 1 saturated heterocycles. The summed E-state index contributed by atoms with van der Waals surface area (Å²) in [6.07, 6.45) is 0. The highest BCUT2D eigenvalue weighted by Crippen LogP contribution is 2.33. The summed E-state index contributed by atoms with van der Waals surface area (Å²) >= 11 is 7.68. The van der Waals surface area contributed by atoms with Crippen molar-refractivity contribution in [2.75, 3.05) is 31.2 Å². The summed E-state index contributed by atoms with van der Waals surface area (Å²) in [6.45, 7) is 3.05. The molecule has 0 radical (unpaired) electrons. The molecule has 7 nitrogen and oxygen atoms in total. The maximum atomic E-state index is 13.6. The van der Waals surface area contributed by atoms with Gasteiger partial charge < -0.3 is 4.74 Å². The van der Waals surface area contributed by atoms with Gasteiger partial charge in [0.25, 0.3) is 5.91 Å². The van der Waals surface area contributed by atoms with E-state index in [1.165, 1.54) is 38.7 Å². The minimum Gasteiger partial charge on any atom is -0.379 e. The van der Waals surface area contributed by atoms with Gasteiger partial charge >= 0.3 is 0 Å². The van der Waals surface area contributed by atoms with Crippen LogP contribution < -0.4 is 4.90 Å². The van der Waals surface area contributed by atoms with Gasteiger partial charge in [-0.05, 0) is 37.3 Å². The summed E-state index contributed by atoms with van der Waals surface area (Å²) in [5.41, 5.74) is 1.48. The van der Waals surface area contributed by atoms with Crippen LogP contribution in [0.4, 0.5) is 10.8 Å². The van der Waals surface area contributed by atoms with Crippen LogP contribution in [0, 0.1) is 6.92 Å². The molecular formula is C21H20ClN3O4S2. The molecular weight excluding hydrogens is 458 g/mol. The average molecular weight is 478 g/mol. The van der Waals surface area contributed by atoms with Crippen molar-refractivity contribution in [1.82, 2.24) is 9.29 Å². The predicted molar refractivity (Wildman–Crippen MR) is 121 cm³/mol. The molecule has 10 heteroatoms. The maximum Gasteiger partial charge on any atom is 0.266 e. The van der Waals surface area contributed by atoms with Crippen LogP contribution in [0.25, 0.3) is 0 Å². The van der Waals surface area contributed by atoms with Gasteiger partial charge in [0.15, 0.2) is 5.13 Å². The largest absolute Gasteiger partial charge is 0.379 e. The summed E-state index contributed by atoms with van der Waals surface area (Å²) in [4.78, 5) is 19.5. The van der Waals surface area contributed by atoms with Gasteiger partial charge in [0.2, 0.25) is 10.0 Å². The number of aryl methyl sites for hydroxylation is 1. The highest BCUT2D eigenvalue weighted by atomic mass is 35.5. The number of amides is 1. The molecule has 1 amide bonds. The minimum absolute atomic E-state index is 0.0190. The van der Waals surface area contributed by atoms with E-state index in [0.29, 0.717) is 24.0 Å². The molecule has 0 aliphatic carbocycles. The Balaban J connectivity index is 1.77. The number of carbonyl (C=O) groups excluding carboxylic acids is 1. The van der Waals surface area contributed by atoms with E-state index in [9.17, 15) is 13.2 Å². The number of carbonyl (C=O) groups is 1. The highest BCUT2D eigenvalue weighted by molar-refractivity contribution is 7.89. The van der Waals surface area contributed by atoms with Crippen LogP contribution in [0.1, 0.15) is 16.1 Å². The normalized spacial score (nSPS) is 15.0. The first kappa shape index (κ1) is 21.9. The van der Waals surface area contributed by atoms with Crippen LogP contribution in [0.3, 0.4) is 0 Å². The van der Waals surface area contributed by atoms with Crippen LogP contribution in [0.2, 0.25) is 5.02 Å². The molecule has 0 atom stereocenters. The molecule has 162 valence electrons. The summed E-state index contributed by atoms with van der Waals surface area (Å²) in [7, 11) is -3.77. The minimum atomic E-state index is -3.77. The molecule has 0 spiro atoms. The van der Waals surface area contributed by atoms with Crippen molar-refractivity contribution >= 4 is 49.7 Å². The number of aromatic nitrogens is 1. The fraction of sp³-hybridized carbons (Fsp3) is 0.238. The van der Waals surface area contributed by atoms with E-state index in [1.807, 2.05) is 30.5 Å². The molecule has 4 rings (SSSR count). The average Bonchev–Trinajstić information content (AvgIpc) is 3.21. The van der Waals surface area contributed by atoms with Crippen molar-refractivity contribution in [3.05, 3.63) is 70.2 Å². The van der Waals surface area contributed by atoms with E-state index < -0.39 is 15.9 Å². The van der Waals surface area contributed by atoms with Gasteiger partial charge in [0.05, 0.1) is 40.1 Å². The number of nitrogens with zero attached hydrogens (tertiary/aromatic N) is 3. The SMILES string of the molecule is Cc1csc(N(C(=O)c2cc(S(=O)(=O)N3CCOCC3)ccc2Cl)c2ccccc2)n1. The van der Waals surface area contributed by atoms with Gasteiger partial charge in [-0.25, -0.2) is 13.4 Å². The standard InChI is InChI=1S/C21H20ClN3O4S2/c1-15-14-30-21(23-15)25(16-5-3-2-4-6-16)20(26)18-13-17(7-8-19(18)22)31(27,28)24-9-11-29-12-10-24/h2-8,13-14H,9-12H2,1H3. The number of rotatable bonds is 5. The smallest absolute Gasteiger partial charge is 0.266 e. The van der Waals surface area contributed by atoms with E-state index in [-0.39, 0.29) is 28.6 Å². The first-order chi connectivity index (χ1) is 14.9. The van der Waals surface area contributed by atoms with Crippen molar-refractivity contribution in [1.29, 1.82) is 0 Å². The monoisotopic (exact) mass is 477 g/mol. The number of thiazole rings is 1. The predicted octanol–water partition coefficient (Wildman–Crippen LogP) is 4.10. The highest BCUT2D eigenvalue weighted by Gasteiger charge is 2.30. The number of morpholine rings is 1. The Labute approximate surface area is 189 Å². The van der Waals surface area contributed by atoms with Crippen LogP contribution in [-0.4, -0.2) is 49.9 Å². The zero-order valence-corrected chi connectivity index (χ0v) is 19.1. The molecule has 1 aliphatic rings. The van der Waals surface area contributed by atoms with Crippen LogP contribution >= 0.6 is 22.9 Å². The first-order valence-electron chi connectivity index (χ1n) is 9.57. The summed E-state index contributed by atoms with van der Waals surface area (Å²) < 4.78 is 32.8. The molecule has 1 fully saturated rings. The Kier molecular flexibility index (Phi) is 6.40. The fourth-order valence-corrected chi connectivity index (χ4v) is 5.67. The molecule has 0 N–H and O–H groups in total. The first-order valence-corrected chi connectivity index (χ1v) is 12.3. The number of benzene rings is 2. The number of hydrogen-bond donors (Lipinski definition) is 0. The third-order valence-corrected chi connectivity index (χ3v) is 7.96. The van der Waals surface area contributed by atoms with Crippen LogP contribution in [0.5, 0.6) is 0 Å². The van der Waals surface area contributed by atoms with Crippen LogP contribution in [-0.2, 0) is 14.8 Å². The van der Waals surface area contributed by atoms with Gasteiger partial charge in [-0.3, -0.25) is 9.69 Å². The van der Waals surface area contributed by atoms with Gasteiger partial charge in [-0.15, -0.1) is 11.3 Å². The molecule has 2 aromatic carbocycles. The third kappa shape index (κ3) is 4.51. The Morgan fingerprint density at radius 3 is 2.52 bits per heavy atom. The Morgan fingerprint density at radius 2 is 1.87 bits per heavy atom. The van der Waals surface area contributed by atoms with Gasteiger partial charge in [-0.2, -0.15) is 4.31 Å². The van der Waals surface area contributed by atoms with Crippen LogP contribution in [0.15, 0.2) is 58.8 Å². The lowest BCUT2D eigenvalue weighted by Gasteiger charge is -2.26. The molecule has 0 unspecified atom stereocenters. The Morgan fingerprint density at radius 1 is 1.16 bits per heavy atom. The van der Waals surface area contributed by atoms with Gasteiger partial charge in [0.1, 0.15) is 0 Å². The molecule has 3 aromatic rings. The summed E-state index contributed by atoms with van der Waals surface area (Å²) in [5, 5.41) is 2.49. The molecule has 2 heterocycles. The van der Waals surface area contributed by atoms with Crippen molar-refractivity contribution in [3.8, 4) is 0 Å². The zero-order chi connectivity index (χ0) is 22.0. The van der Waals surface area contributed by atoms with Crippen molar-refractivity contribution in [2.24, 2.45) is 0 Å². The Hall–Kier alpha value is -2.30. The third-order valence-electron chi connectivity index (χ3n) is 4.79. The second-order valence-electron chi connectivity index (χ2n) is 6.91. The lowest BCUT2D eigenvalue weighted by molar-refractivity contribution is 0.0730. The zero-order valence-electron chi connectivity index (χ0n) is 16.7. The van der Waals surface area contributed by atoms with E-state index in [2.05, 4.69) is 4.98 Å². The van der Waals surface area contributed by atoms with E-state index in [4.69, 9.17) is 16.3 Å². The lowest BCUT2D eigenvalue weighted by Crippen LogP contribution is -2.40. The Bertz CT molecular complexity index is 1190. The topological polar surface area (TPSA) is 79.8 Å². The maximum absolute atomic E-state index is 13.6. The second kappa shape index (κ2) is 9.05. The summed E-state index contributed by atoms with van der Waals surface area (Å²) in [5.74, 6) is -0.454. The molecule has 1 aromatic heterocycles. The quantitative estimate of drug-likeness (QED) is 0.552. The van der Waals surface area contributed by atoms with E-state index in [0.717, 1.165) is 5.69 Å². The molecule has 0 bridgehead atoms. The number of para-hydroxylation sites is 1. The van der Waals surface area contributed by atoms with Gasteiger partial charge in [-0.1, -0.05) is 29.8 Å². The van der Waals surface area contributed by atoms with Crippen molar-refractivity contribution in [2.45, 2.75) is 11.8 Å². The molecule has 31 heavy (non-hydrogen) atoms. The number of ether oxygens (including phenoxy) is 1. The molecule has 1 aliphatic heterocycles. The number of sulfonamides is 1. The van der Waals surface area contributed by atoms with Crippen molar-refractivity contribution in [3.63, 3.8) is 0 Å². The van der Waals surface area contributed by atoms with Crippen molar-refractivity contribution < 1.29 is 17.9 Å².